The summed E-state index contributed by atoms with van der Waals surface area (Å²) >= 11 is 0. The second kappa shape index (κ2) is 44.7. The van der Waals surface area contributed by atoms with Crippen molar-refractivity contribution in [2.75, 3.05) is 105 Å². The van der Waals surface area contributed by atoms with Gasteiger partial charge in [0.15, 0.2) is 14.0 Å². The average Bonchev–Trinajstić information content (AvgIpc) is 3.43. The van der Waals surface area contributed by atoms with Crippen LogP contribution < -0.4 is 0 Å². The quantitative estimate of drug-likeness (QED) is 0.0273. The molecule has 0 bridgehead atoms. The van der Waals surface area contributed by atoms with E-state index in [1.807, 2.05) is 6.92 Å². The van der Waals surface area contributed by atoms with Gasteiger partial charge < -0.3 is 52.0 Å². The number of rotatable bonds is 38. The molecule has 1 N–H and O–H groups in total. The Kier molecular flexibility index (Phi) is 44.9. The average molecular weight is 1180 g/mol. The molecule has 0 heterocycles. The van der Waals surface area contributed by atoms with Crippen LogP contribution in [-0.2, 0) is 109 Å². The zero-order chi connectivity index (χ0) is 61.7. The van der Waals surface area contributed by atoms with E-state index in [1.165, 1.54) is 6.66 Å². The van der Waals surface area contributed by atoms with Crippen LogP contribution in [0.3, 0.4) is 0 Å². The van der Waals surface area contributed by atoms with Crippen LogP contribution in [0.2, 0.25) is 0 Å². The van der Waals surface area contributed by atoms with Gasteiger partial charge in [-0.25, -0.2) is 33.6 Å². The molecule has 27 heteroatoms. The van der Waals surface area contributed by atoms with E-state index in [-0.39, 0.29) is 84.6 Å². The third kappa shape index (κ3) is 43.4. The molecule has 448 valence electrons. The van der Waals surface area contributed by atoms with Gasteiger partial charge in [-0.1, -0.05) is 66.8 Å². The molecule has 79 heavy (non-hydrogen) atoms. The second-order valence-electron chi connectivity index (χ2n) is 16.9. The van der Waals surface area contributed by atoms with Crippen molar-refractivity contribution in [3.05, 3.63) is 88.6 Å². The molecule has 3 unspecified atom stereocenters. The molecule has 3 atom stereocenters. The Labute approximate surface area is 465 Å². The molecule has 0 spiro atoms. The molecule has 0 aromatic rings. The minimum atomic E-state index is -3.31. The zero-order valence-electron chi connectivity index (χ0n) is 46.9. The summed E-state index contributed by atoms with van der Waals surface area (Å²) in [6.07, 6.45) is 7.86. The van der Waals surface area contributed by atoms with Crippen molar-refractivity contribution in [2.24, 2.45) is 16.2 Å². The molecule has 0 aromatic heterocycles. The Hall–Kier alpha value is -6.15. The summed E-state index contributed by atoms with van der Waals surface area (Å²) in [7, 11) is -7.50. The Bertz CT molecular complexity index is 2030. The lowest BCUT2D eigenvalue weighted by Gasteiger charge is -2.30. The van der Waals surface area contributed by atoms with Gasteiger partial charge in [0.1, 0.15) is 59.5 Å². The van der Waals surface area contributed by atoms with Gasteiger partial charge in [-0.05, 0) is 37.7 Å². The third-order valence-corrected chi connectivity index (χ3v) is 13.8. The first-order valence-electron chi connectivity index (χ1n) is 24.3. The van der Waals surface area contributed by atoms with E-state index >= 15 is 0 Å². The van der Waals surface area contributed by atoms with Gasteiger partial charge in [-0.3, -0.25) is 18.7 Å². The number of carbonyl (C=O) groups excluding carboxylic acids is 9. The van der Waals surface area contributed by atoms with E-state index in [0.29, 0.717) is 32.5 Å². The highest BCUT2D eigenvalue weighted by molar-refractivity contribution is 7.58. The SMILES string of the molecule is C=CC(=O)OCC(CC)(COC(=O)C=C)COC(=O)C=C.C=CC(=O)OCC(CC)(COC(=O)C=C)COC(=O)CCP(C)(=O)O.C=CC(=O)OCC(CC)(COC(=O)C=C)COC(=O)CCP(C)(=O)OCC.CCO[P+](C)=O. The molecule has 0 saturated heterocycles. The van der Waals surface area contributed by atoms with E-state index in [4.69, 9.17) is 47.2 Å². The maximum absolute atomic E-state index is 12.0. The van der Waals surface area contributed by atoms with Crippen molar-refractivity contribution < 1.29 is 113 Å². The predicted molar refractivity (Wildman–Crippen MR) is 293 cm³/mol. The van der Waals surface area contributed by atoms with Crippen molar-refractivity contribution in [3.63, 3.8) is 0 Å². The van der Waals surface area contributed by atoms with Crippen molar-refractivity contribution >= 4 is 76.5 Å². The van der Waals surface area contributed by atoms with E-state index < -0.39 is 92.7 Å². The van der Waals surface area contributed by atoms with Crippen molar-refractivity contribution in [2.45, 2.75) is 66.7 Å². The topological polar surface area (TPSA) is 327 Å². The van der Waals surface area contributed by atoms with E-state index in [0.717, 1.165) is 49.2 Å². The number of carbonyl (C=O) groups is 9. The van der Waals surface area contributed by atoms with Crippen LogP contribution >= 0.6 is 22.8 Å². The highest BCUT2D eigenvalue weighted by atomic mass is 31.2. The Morgan fingerprint density at radius 3 is 0.823 bits per heavy atom. The molecule has 0 rings (SSSR count). The monoisotopic (exact) mass is 1180 g/mol. The summed E-state index contributed by atoms with van der Waals surface area (Å²) in [5.74, 6) is -5.68. The van der Waals surface area contributed by atoms with Gasteiger partial charge in [0.25, 0.3) is 0 Å². The largest absolute Gasteiger partial charge is 0.504 e. The van der Waals surface area contributed by atoms with Crippen LogP contribution in [-0.4, -0.2) is 164 Å². The maximum Gasteiger partial charge on any atom is 0.504 e. The molecule has 0 aliphatic rings. The molecule has 0 aliphatic heterocycles. The third-order valence-electron chi connectivity index (χ3n) is 10.3. The summed E-state index contributed by atoms with van der Waals surface area (Å²) < 4.78 is 88.4. The van der Waals surface area contributed by atoms with Crippen molar-refractivity contribution in [1.82, 2.24) is 0 Å². The van der Waals surface area contributed by atoms with Crippen LogP contribution in [0.4, 0.5) is 0 Å². The molecule has 0 aliphatic carbocycles. The van der Waals surface area contributed by atoms with Crippen molar-refractivity contribution in [3.8, 4) is 0 Å². The lowest BCUT2D eigenvalue weighted by molar-refractivity contribution is -0.160. The fraction of sp³-hybridized carbons (Fsp3) is 0.558. The minimum Gasteiger partial charge on any atom is -0.465 e. The number of ether oxygens (including phenoxy) is 9. The molecule has 24 nitrogen and oxygen atoms in total. The molecule has 0 saturated carbocycles. The van der Waals surface area contributed by atoms with E-state index in [2.05, 4.69) is 50.6 Å². The fourth-order valence-corrected chi connectivity index (χ4v) is 7.22. The van der Waals surface area contributed by atoms with Gasteiger partial charge in [0.2, 0.25) is 7.37 Å². The number of hydrogen-bond acceptors (Lipinski definition) is 23. The summed E-state index contributed by atoms with van der Waals surface area (Å²) in [4.78, 5) is 112. The van der Waals surface area contributed by atoms with Crippen LogP contribution in [0.1, 0.15) is 66.7 Å². The first-order chi connectivity index (χ1) is 36.9. The molecule has 0 aromatic carbocycles. The summed E-state index contributed by atoms with van der Waals surface area (Å²) in [5.41, 5.74) is -2.69. The second-order valence-corrected chi connectivity index (χ2v) is 23.3. The van der Waals surface area contributed by atoms with Gasteiger partial charge in [-0.2, -0.15) is 0 Å². The normalized spacial score (nSPS) is 12.2. The van der Waals surface area contributed by atoms with Gasteiger partial charge in [-0.15, -0.1) is 4.52 Å². The van der Waals surface area contributed by atoms with E-state index in [1.54, 1.807) is 34.4 Å². The van der Waals surface area contributed by atoms with Crippen LogP contribution in [0, 0.1) is 16.2 Å². The maximum atomic E-state index is 12.0. The summed E-state index contributed by atoms with van der Waals surface area (Å²) in [5, 5.41) is 0. The molecule has 0 fully saturated rings. The van der Waals surface area contributed by atoms with E-state index in [9.17, 15) is 61.7 Å². The van der Waals surface area contributed by atoms with Gasteiger partial charge in [0.05, 0.1) is 42.3 Å². The Balaban J connectivity index is -0.000000509. The summed E-state index contributed by atoms with van der Waals surface area (Å²) in [6, 6.07) is 0. The molecule has 0 radical (unpaired) electrons. The lowest BCUT2D eigenvalue weighted by Crippen LogP contribution is -2.38. The molecular formula is C52H82O24P3+. The molecule has 0 amide bonds. The number of hydrogen-bond donors (Lipinski definition) is 1. The highest BCUT2D eigenvalue weighted by Crippen LogP contribution is 2.43. The van der Waals surface area contributed by atoms with Crippen LogP contribution in [0.5, 0.6) is 0 Å². The zero-order valence-corrected chi connectivity index (χ0v) is 49.6. The first-order valence-corrected chi connectivity index (χ1v) is 30.5. The van der Waals surface area contributed by atoms with Crippen molar-refractivity contribution in [1.29, 1.82) is 0 Å². The Morgan fingerprint density at radius 1 is 0.430 bits per heavy atom. The lowest BCUT2D eigenvalue weighted by atomic mass is 9.88. The van der Waals surface area contributed by atoms with Gasteiger partial charge >= 0.3 is 61.8 Å². The highest BCUT2D eigenvalue weighted by Gasteiger charge is 2.36. The van der Waals surface area contributed by atoms with Gasteiger partial charge in [0, 0.05) is 68.2 Å². The standard InChI is InChI=1S/C18H29O8P.C16H25O8P.C15H20O6.C3H8O2P/c1-6-15(19)23-12-18(8-3,13-24-16(20)7-2)14-25-17(21)10-11-27(5,22)26-9-4;1-5-13(17)22-10-16(7-3,11-23-14(18)6-2)12-24-15(19)8-9-25(4,20)21;1-5-12(16)19-9-15(8-4,10-20-13(17)6-2)11-21-14(18)7-3;1-3-5-6(2)4/h6-7H,1-2,8-14H2,3-5H3;5-6H,1-2,7-12H2,3-4H3,(H,20,21);5-7H,1-3,8-11H2,4H3;3H2,1-2H3/q;;;+1. The minimum absolute atomic E-state index is 0.0652. The van der Waals surface area contributed by atoms with Crippen LogP contribution in [0.25, 0.3) is 0 Å². The fourth-order valence-electron chi connectivity index (χ4n) is 5.00. The number of esters is 9. The first kappa shape index (κ1) is 79.3. The predicted octanol–water partition coefficient (Wildman–Crippen LogP) is 7.36. The smallest absolute Gasteiger partial charge is 0.465 e. The molecular weight excluding hydrogens is 1100 g/mol. The Morgan fingerprint density at radius 2 is 0.658 bits per heavy atom. The summed E-state index contributed by atoms with van der Waals surface area (Å²) in [6.45, 7) is 35.8. The van der Waals surface area contributed by atoms with Crippen LogP contribution in [0.15, 0.2) is 88.6 Å².